The first-order valence-corrected chi connectivity index (χ1v) is 6.61. The number of pyridine rings is 1. The Bertz CT molecular complexity index is 724. The lowest BCUT2D eigenvalue weighted by Crippen LogP contribution is -1.97. The van der Waals surface area contributed by atoms with Gasteiger partial charge in [0.2, 0.25) is 11.8 Å². The molecule has 0 spiro atoms. The molecule has 5 heteroatoms. The largest absolute Gasteiger partial charge is 0.468 e. The molecule has 0 N–H and O–H groups in total. The van der Waals surface area contributed by atoms with Crippen molar-refractivity contribution in [2.45, 2.75) is 13.5 Å². The van der Waals surface area contributed by atoms with E-state index < -0.39 is 0 Å². The van der Waals surface area contributed by atoms with Gasteiger partial charge in [0.15, 0.2) is 6.61 Å². The molecule has 1 aromatic carbocycles. The molecule has 3 rings (SSSR count). The Labute approximate surface area is 118 Å². The first-order chi connectivity index (χ1) is 9.22. The second-order valence-electron chi connectivity index (χ2n) is 4.11. The van der Waals surface area contributed by atoms with Crippen molar-refractivity contribution in [3.8, 4) is 5.88 Å². The van der Waals surface area contributed by atoms with Crippen LogP contribution in [0.4, 0.5) is 0 Å². The van der Waals surface area contributed by atoms with Crippen molar-refractivity contribution in [1.29, 1.82) is 0 Å². The fourth-order valence-electron chi connectivity index (χ4n) is 1.78. The highest BCUT2D eigenvalue weighted by atomic mass is 79.9. The number of oxazole rings is 1. The van der Waals surface area contributed by atoms with Crippen LogP contribution in [0.3, 0.4) is 0 Å². The highest BCUT2D eigenvalue weighted by molar-refractivity contribution is 9.10. The molecule has 3 aromatic rings. The second kappa shape index (κ2) is 5.01. The van der Waals surface area contributed by atoms with Gasteiger partial charge in [0, 0.05) is 15.9 Å². The highest BCUT2D eigenvalue weighted by Crippen LogP contribution is 2.24. The van der Waals surface area contributed by atoms with E-state index in [0.29, 0.717) is 11.8 Å². The van der Waals surface area contributed by atoms with Crippen molar-refractivity contribution < 1.29 is 9.15 Å². The minimum absolute atomic E-state index is 0.275. The normalized spacial score (nSPS) is 10.8. The topological polar surface area (TPSA) is 48.2 Å². The molecule has 0 atom stereocenters. The van der Waals surface area contributed by atoms with Gasteiger partial charge in [0.1, 0.15) is 5.76 Å². The Morgan fingerprint density at radius 2 is 2.16 bits per heavy atom. The number of halogens is 1. The lowest BCUT2D eigenvalue weighted by Gasteiger charge is -2.05. The molecule has 0 saturated carbocycles. The maximum Gasteiger partial charge on any atom is 0.232 e. The predicted molar refractivity (Wildman–Crippen MR) is 75.0 cm³/mol. The summed E-state index contributed by atoms with van der Waals surface area (Å²) in [5, 5.41) is 1.06. The van der Waals surface area contributed by atoms with Gasteiger partial charge in [-0.05, 0) is 35.0 Å². The summed E-state index contributed by atoms with van der Waals surface area (Å²) in [5.74, 6) is 1.87. The van der Waals surface area contributed by atoms with Crippen molar-refractivity contribution >= 4 is 26.8 Å². The number of aryl methyl sites for hydroxylation is 1. The fourth-order valence-corrected chi connectivity index (χ4v) is 2.25. The third kappa shape index (κ3) is 2.61. The minimum Gasteiger partial charge on any atom is -0.468 e. The number of aromatic nitrogens is 2. The van der Waals surface area contributed by atoms with Gasteiger partial charge in [-0.2, -0.15) is 0 Å². The maximum atomic E-state index is 5.58. The van der Waals surface area contributed by atoms with E-state index in [-0.39, 0.29) is 6.61 Å². The van der Waals surface area contributed by atoms with Gasteiger partial charge < -0.3 is 9.15 Å². The summed E-state index contributed by atoms with van der Waals surface area (Å²) in [6.07, 6.45) is 1.67. The SMILES string of the molecule is Cc1cnc(COc2ccc3cccc(Br)c3n2)o1. The molecule has 0 aliphatic rings. The van der Waals surface area contributed by atoms with Crippen molar-refractivity contribution in [3.63, 3.8) is 0 Å². The Morgan fingerprint density at radius 3 is 2.95 bits per heavy atom. The molecule has 0 fully saturated rings. The molecule has 0 aliphatic heterocycles. The van der Waals surface area contributed by atoms with Crippen LogP contribution in [0.5, 0.6) is 5.88 Å². The molecular weight excluding hydrogens is 308 g/mol. The van der Waals surface area contributed by atoms with Crippen LogP contribution in [-0.4, -0.2) is 9.97 Å². The van der Waals surface area contributed by atoms with Gasteiger partial charge >= 0.3 is 0 Å². The number of nitrogens with zero attached hydrogens (tertiary/aromatic N) is 2. The first kappa shape index (κ1) is 12.2. The van der Waals surface area contributed by atoms with E-state index in [4.69, 9.17) is 9.15 Å². The summed E-state index contributed by atoms with van der Waals surface area (Å²) < 4.78 is 11.9. The zero-order valence-electron chi connectivity index (χ0n) is 10.3. The smallest absolute Gasteiger partial charge is 0.232 e. The molecule has 2 aromatic heterocycles. The minimum atomic E-state index is 0.275. The quantitative estimate of drug-likeness (QED) is 0.735. The molecule has 2 heterocycles. The maximum absolute atomic E-state index is 5.58. The van der Waals surface area contributed by atoms with Gasteiger partial charge in [0.25, 0.3) is 0 Å². The summed E-state index contributed by atoms with van der Waals surface area (Å²) in [5.41, 5.74) is 0.878. The monoisotopic (exact) mass is 318 g/mol. The third-order valence-electron chi connectivity index (χ3n) is 2.66. The van der Waals surface area contributed by atoms with Crippen LogP contribution < -0.4 is 4.74 Å². The number of ether oxygens (including phenoxy) is 1. The number of rotatable bonds is 3. The molecule has 4 nitrogen and oxygen atoms in total. The van der Waals surface area contributed by atoms with Gasteiger partial charge in [-0.25, -0.2) is 9.97 Å². The number of hydrogen-bond acceptors (Lipinski definition) is 4. The lowest BCUT2D eigenvalue weighted by atomic mass is 10.2. The lowest BCUT2D eigenvalue weighted by molar-refractivity contribution is 0.252. The van der Waals surface area contributed by atoms with Crippen LogP contribution in [0.1, 0.15) is 11.7 Å². The van der Waals surface area contributed by atoms with Gasteiger partial charge in [-0.1, -0.05) is 12.1 Å². The predicted octanol–water partition coefficient (Wildman–Crippen LogP) is 3.87. The summed E-state index contributed by atoms with van der Waals surface area (Å²) in [6, 6.07) is 9.75. The van der Waals surface area contributed by atoms with Crippen molar-refractivity contribution in [2.75, 3.05) is 0 Å². The number of benzene rings is 1. The summed E-state index contributed by atoms with van der Waals surface area (Å²) in [7, 11) is 0. The van der Waals surface area contributed by atoms with Crippen LogP contribution >= 0.6 is 15.9 Å². The number of para-hydroxylation sites is 1. The zero-order valence-corrected chi connectivity index (χ0v) is 11.8. The van der Waals surface area contributed by atoms with E-state index in [1.54, 1.807) is 6.20 Å². The van der Waals surface area contributed by atoms with Crippen molar-refractivity contribution in [3.05, 3.63) is 52.7 Å². The Balaban J connectivity index is 1.83. The molecule has 0 amide bonds. The van der Waals surface area contributed by atoms with Gasteiger partial charge in [-0.3, -0.25) is 0 Å². The molecule has 96 valence electrons. The summed E-state index contributed by atoms with van der Waals surface area (Å²) in [6.45, 7) is 2.12. The van der Waals surface area contributed by atoms with Crippen molar-refractivity contribution in [1.82, 2.24) is 9.97 Å². The second-order valence-corrected chi connectivity index (χ2v) is 4.97. The van der Waals surface area contributed by atoms with Crippen LogP contribution in [-0.2, 0) is 6.61 Å². The molecule has 0 bridgehead atoms. The van der Waals surface area contributed by atoms with E-state index in [2.05, 4.69) is 25.9 Å². The third-order valence-corrected chi connectivity index (χ3v) is 3.30. The first-order valence-electron chi connectivity index (χ1n) is 5.82. The van der Waals surface area contributed by atoms with Crippen LogP contribution in [0.15, 0.2) is 45.4 Å². The Morgan fingerprint density at radius 1 is 1.26 bits per heavy atom. The Kier molecular flexibility index (Phi) is 3.21. The highest BCUT2D eigenvalue weighted by Gasteiger charge is 2.05. The molecule has 0 radical (unpaired) electrons. The summed E-state index contributed by atoms with van der Waals surface area (Å²) >= 11 is 3.48. The molecule has 19 heavy (non-hydrogen) atoms. The van der Waals surface area contributed by atoms with E-state index in [0.717, 1.165) is 21.1 Å². The van der Waals surface area contributed by atoms with Crippen LogP contribution in [0, 0.1) is 6.92 Å². The fraction of sp³-hybridized carbons (Fsp3) is 0.143. The number of fused-ring (bicyclic) bond motifs is 1. The van der Waals surface area contributed by atoms with Gasteiger partial charge in [-0.15, -0.1) is 0 Å². The molecular formula is C14H11BrN2O2. The van der Waals surface area contributed by atoms with E-state index >= 15 is 0 Å². The molecule has 0 aliphatic carbocycles. The van der Waals surface area contributed by atoms with E-state index in [1.165, 1.54) is 0 Å². The standard InChI is InChI=1S/C14H11BrN2O2/c1-9-7-16-13(19-9)8-18-12-6-5-10-3-2-4-11(15)14(10)17-12/h2-7H,8H2,1H3. The van der Waals surface area contributed by atoms with E-state index in [9.17, 15) is 0 Å². The average molecular weight is 319 g/mol. The zero-order chi connectivity index (χ0) is 13.2. The number of hydrogen-bond donors (Lipinski definition) is 0. The van der Waals surface area contributed by atoms with Crippen LogP contribution in [0.2, 0.25) is 0 Å². The molecule has 0 saturated heterocycles. The Hall–Kier alpha value is -1.88. The average Bonchev–Trinajstić information content (AvgIpc) is 2.83. The molecule has 0 unspecified atom stereocenters. The van der Waals surface area contributed by atoms with Crippen LogP contribution in [0.25, 0.3) is 10.9 Å². The summed E-state index contributed by atoms with van der Waals surface area (Å²) in [4.78, 5) is 8.54. The van der Waals surface area contributed by atoms with Crippen molar-refractivity contribution in [2.24, 2.45) is 0 Å². The van der Waals surface area contributed by atoms with Gasteiger partial charge in [0.05, 0.1) is 11.7 Å². The van der Waals surface area contributed by atoms with E-state index in [1.807, 2.05) is 37.3 Å².